The second-order valence-corrected chi connectivity index (χ2v) is 6.72. The molecule has 0 radical (unpaired) electrons. The smallest absolute Gasteiger partial charge is 0.251 e. The molecule has 2 aromatic rings. The predicted octanol–water partition coefficient (Wildman–Crippen LogP) is 2.77. The molecule has 1 aromatic heterocycles. The number of pyridine rings is 1. The zero-order valence-electron chi connectivity index (χ0n) is 14.2. The first-order valence-corrected chi connectivity index (χ1v) is 9.12. The molecule has 1 N–H and O–H groups in total. The fourth-order valence-corrected chi connectivity index (χ4v) is 3.38. The molecular weight excluding hydrogens is 340 g/mol. The highest BCUT2D eigenvalue weighted by atomic mass is 32.2. The molecule has 1 aromatic carbocycles. The number of aromatic nitrogens is 1. The Morgan fingerprint density at radius 1 is 1.48 bits per heavy atom. The summed E-state index contributed by atoms with van der Waals surface area (Å²) in [5, 5.41) is 14.9. The molecule has 1 aliphatic rings. The molecule has 0 aliphatic carbocycles. The lowest BCUT2D eigenvalue weighted by molar-refractivity contribution is -0.645. The van der Waals surface area contributed by atoms with E-state index in [1.54, 1.807) is 18.2 Å². The number of benzene rings is 1. The van der Waals surface area contributed by atoms with Crippen molar-refractivity contribution < 1.29 is 19.0 Å². The first-order chi connectivity index (χ1) is 12.1. The number of amides is 1. The number of fused-ring (bicyclic) bond motifs is 1. The van der Waals surface area contributed by atoms with Crippen molar-refractivity contribution in [2.45, 2.75) is 31.4 Å². The summed E-state index contributed by atoms with van der Waals surface area (Å²) in [6.07, 6.45) is 2.36. The van der Waals surface area contributed by atoms with Crippen molar-refractivity contribution in [3.05, 3.63) is 47.3 Å². The number of hydrogen-bond donors (Lipinski definition) is 1. The normalized spacial score (nSPS) is 15.4. The topological polar surface area (TPSA) is 74.5 Å². The third-order valence-electron chi connectivity index (χ3n) is 3.71. The maximum atomic E-state index is 12.3. The van der Waals surface area contributed by atoms with E-state index in [1.807, 2.05) is 26.0 Å². The summed E-state index contributed by atoms with van der Waals surface area (Å²) < 4.78 is 12.1. The van der Waals surface area contributed by atoms with Crippen molar-refractivity contribution in [3.8, 4) is 11.5 Å². The highest BCUT2D eigenvalue weighted by Crippen LogP contribution is 2.38. The number of anilines is 1. The van der Waals surface area contributed by atoms with Crippen molar-refractivity contribution in [3.63, 3.8) is 0 Å². The summed E-state index contributed by atoms with van der Waals surface area (Å²) in [6.45, 7) is 4.41. The van der Waals surface area contributed by atoms with Crippen LogP contribution < -0.4 is 19.5 Å². The number of carbonyl (C=O) groups excluding carboxylic acids is 1. The molecule has 25 heavy (non-hydrogen) atoms. The van der Waals surface area contributed by atoms with Gasteiger partial charge in [0.15, 0.2) is 6.20 Å². The van der Waals surface area contributed by atoms with Crippen molar-refractivity contribution >= 4 is 23.4 Å². The molecule has 3 rings (SSSR count). The molecule has 0 bridgehead atoms. The second-order valence-electron chi connectivity index (χ2n) is 5.72. The molecule has 1 atom stereocenters. The minimum atomic E-state index is -0.208. The van der Waals surface area contributed by atoms with Gasteiger partial charge in [0.1, 0.15) is 17.6 Å². The highest BCUT2D eigenvalue weighted by Gasteiger charge is 2.22. The van der Waals surface area contributed by atoms with Crippen molar-refractivity contribution in [1.29, 1.82) is 0 Å². The van der Waals surface area contributed by atoms with Crippen LogP contribution in [0, 0.1) is 5.21 Å². The quantitative estimate of drug-likeness (QED) is 0.487. The molecule has 1 amide bonds. The van der Waals surface area contributed by atoms with E-state index >= 15 is 0 Å². The van der Waals surface area contributed by atoms with E-state index in [4.69, 9.17) is 9.47 Å². The third kappa shape index (κ3) is 4.17. The Kier molecular flexibility index (Phi) is 5.33. The SMILES string of the molecule is CCOc1cc2c(cc1NC(=O)CSc1cccc[n+]1[O-])O[C@H](C)C2. The van der Waals surface area contributed by atoms with E-state index in [9.17, 15) is 10.0 Å². The first-order valence-electron chi connectivity index (χ1n) is 8.14. The van der Waals surface area contributed by atoms with E-state index in [0.717, 1.165) is 22.5 Å². The molecule has 0 saturated heterocycles. The van der Waals surface area contributed by atoms with Gasteiger partial charge in [0.25, 0.3) is 5.03 Å². The molecule has 0 saturated carbocycles. The Balaban J connectivity index is 1.70. The van der Waals surface area contributed by atoms with Crippen LogP contribution in [0.25, 0.3) is 0 Å². The van der Waals surface area contributed by atoms with E-state index in [2.05, 4.69) is 5.32 Å². The number of carbonyl (C=O) groups is 1. The second kappa shape index (κ2) is 7.65. The predicted molar refractivity (Wildman–Crippen MR) is 96.2 cm³/mol. The molecule has 0 spiro atoms. The molecule has 6 nitrogen and oxygen atoms in total. The number of nitrogens with zero attached hydrogens (tertiary/aromatic N) is 1. The van der Waals surface area contributed by atoms with E-state index in [0.29, 0.717) is 23.1 Å². The number of hydrogen-bond acceptors (Lipinski definition) is 5. The summed E-state index contributed by atoms with van der Waals surface area (Å²) in [5.41, 5.74) is 1.67. The van der Waals surface area contributed by atoms with Crippen LogP contribution >= 0.6 is 11.8 Å². The van der Waals surface area contributed by atoms with Gasteiger partial charge in [-0.3, -0.25) is 4.79 Å². The van der Waals surface area contributed by atoms with Gasteiger partial charge < -0.3 is 20.0 Å². The Morgan fingerprint density at radius 3 is 3.08 bits per heavy atom. The summed E-state index contributed by atoms with van der Waals surface area (Å²) in [6, 6.07) is 8.83. The number of thioether (sulfide) groups is 1. The molecule has 0 fully saturated rings. The van der Waals surface area contributed by atoms with E-state index in [1.165, 1.54) is 18.0 Å². The molecule has 1 aliphatic heterocycles. The summed E-state index contributed by atoms with van der Waals surface area (Å²) >= 11 is 1.19. The van der Waals surface area contributed by atoms with Gasteiger partial charge in [-0.15, -0.1) is 0 Å². The van der Waals surface area contributed by atoms with Gasteiger partial charge in [-0.2, -0.15) is 4.73 Å². The maximum absolute atomic E-state index is 12.3. The summed E-state index contributed by atoms with van der Waals surface area (Å²) in [5.74, 6) is 1.34. The van der Waals surface area contributed by atoms with Crippen LogP contribution in [0.15, 0.2) is 41.6 Å². The molecule has 2 heterocycles. The minimum Gasteiger partial charge on any atom is -0.618 e. The van der Waals surface area contributed by atoms with Crippen LogP contribution in [-0.4, -0.2) is 24.4 Å². The van der Waals surface area contributed by atoms with Crippen molar-refractivity contribution in [2.24, 2.45) is 0 Å². The van der Waals surface area contributed by atoms with Gasteiger partial charge >= 0.3 is 0 Å². The maximum Gasteiger partial charge on any atom is 0.251 e. The fourth-order valence-electron chi connectivity index (χ4n) is 2.66. The van der Waals surface area contributed by atoms with Crippen molar-refractivity contribution in [2.75, 3.05) is 17.7 Å². The fraction of sp³-hybridized carbons (Fsp3) is 0.333. The Morgan fingerprint density at radius 2 is 2.32 bits per heavy atom. The van der Waals surface area contributed by atoms with Crippen LogP contribution in [0.2, 0.25) is 0 Å². The standard InChI is InChI=1S/C18H20N2O4S/c1-3-23-16-9-13-8-12(2)24-15(13)10-14(16)19-17(21)11-25-18-6-4-5-7-20(18)22/h4-7,9-10,12H,3,8,11H2,1-2H3,(H,19,21)/t12-/m1/s1. The largest absolute Gasteiger partial charge is 0.618 e. The van der Waals surface area contributed by atoms with E-state index < -0.39 is 0 Å². The van der Waals surface area contributed by atoms with Crippen molar-refractivity contribution in [1.82, 2.24) is 0 Å². The highest BCUT2D eigenvalue weighted by molar-refractivity contribution is 7.99. The Hall–Kier alpha value is -2.41. The van der Waals surface area contributed by atoms with Gasteiger partial charge in [-0.25, -0.2) is 0 Å². The lowest BCUT2D eigenvalue weighted by Crippen LogP contribution is -2.28. The molecular formula is C18H20N2O4S. The van der Waals surface area contributed by atoms with Crippen LogP contribution in [0.1, 0.15) is 19.4 Å². The Labute approximate surface area is 150 Å². The van der Waals surface area contributed by atoms with Crippen LogP contribution in [0.4, 0.5) is 5.69 Å². The monoisotopic (exact) mass is 360 g/mol. The van der Waals surface area contributed by atoms with Gasteiger partial charge in [0, 0.05) is 30.2 Å². The van der Waals surface area contributed by atoms with Gasteiger partial charge in [-0.05, 0) is 37.7 Å². The average Bonchev–Trinajstić information content (AvgIpc) is 2.93. The van der Waals surface area contributed by atoms with Crippen LogP contribution in [0.5, 0.6) is 11.5 Å². The molecule has 7 heteroatoms. The number of nitrogens with one attached hydrogen (secondary N) is 1. The lowest BCUT2D eigenvalue weighted by atomic mass is 10.1. The number of ether oxygens (including phenoxy) is 2. The summed E-state index contributed by atoms with van der Waals surface area (Å²) in [4.78, 5) is 12.3. The number of rotatable bonds is 6. The minimum absolute atomic E-state index is 0.122. The molecule has 132 valence electrons. The zero-order chi connectivity index (χ0) is 17.8. The zero-order valence-corrected chi connectivity index (χ0v) is 15.0. The van der Waals surface area contributed by atoms with Gasteiger partial charge in [-0.1, -0.05) is 0 Å². The summed E-state index contributed by atoms with van der Waals surface area (Å²) in [7, 11) is 0. The average molecular weight is 360 g/mol. The lowest BCUT2D eigenvalue weighted by Gasteiger charge is -2.13. The van der Waals surface area contributed by atoms with Crippen LogP contribution in [-0.2, 0) is 11.2 Å². The van der Waals surface area contributed by atoms with Crippen LogP contribution in [0.3, 0.4) is 0 Å². The van der Waals surface area contributed by atoms with Gasteiger partial charge in [0.05, 0.1) is 18.0 Å². The Bertz CT molecular complexity index is 782. The van der Waals surface area contributed by atoms with E-state index in [-0.39, 0.29) is 17.8 Å². The van der Waals surface area contributed by atoms with Gasteiger partial charge in [0.2, 0.25) is 5.91 Å². The molecule has 0 unspecified atom stereocenters. The first kappa shape index (κ1) is 17.4. The third-order valence-corrected chi connectivity index (χ3v) is 4.73.